The second kappa shape index (κ2) is 9.17. The highest BCUT2D eigenvalue weighted by Gasteiger charge is 2.23. The molecule has 1 heterocycles. The van der Waals surface area contributed by atoms with Gasteiger partial charge in [0.05, 0.1) is 0 Å². The fourth-order valence-corrected chi connectivity index (χ4v) is 3.16. The van der Waals surface area contributed by atoms with Crippen LogP contribution in [-0.2, 0) is 9.59 Å². The van der Waals surface area contributed by atoms with Gasteiger partial charge in [0, 0.05) is 36.7 Å². The molecule has 2 amide bonds. The fourth-order valence-electron chi connectivity index (χ4n) is 3.16. The van der Waals surface area contributed by atoms with Crippen LogP contribution in [0.15, 0.2) is 24.3 Å². The Labute approximate surface area is 147 Å². The first-order chi connectivity index (χ1) is 12.0. The third-order valence-corrected chi connectivity index (χ3v) is 4.52. The number of hydrogen-bond donors (Lipinski definition) is 3. The van der Waals surface area contributed by atoms with Crippen molar-refractivity contribution < 1.29 is 19.5 Å². The van der Waals surface area contributed by atoms with E-state index in [1.165, 1.54) is 0 Å². The highest BCUT2D eigenvalue weighted by Crippen LogP contribution is 2.21. The molecular formula is C18H25N3O4. The molecule has 0 saturated carbocycles. The lowest BCUT2D eigenvalue weighted by molar-refractivity contribution is -0.137. The molecule has 2 rings (SSSR count). The predicted octanol–water partition coefficient (Wildman–Crippen LogP) is 1.83. The van der Waals surface area contributed by atoms with Crippen LogP contribution in [0.1, 0.15) is 48.9 Å². The minimum absolute atomic E-state index is 0.102. The van der Waals surface area contributed by atoms with Crippen molar-refractivity contribution in [2.75, 3.05) is 18.4 Å². The van der Waals surface area contributed by atoms with Crippen LogP contribution < -0.4 is 11.1 Å². The Bertz CT molecular complexity index is 615. The maximum Gasteiger partial charge on any atom is 0.303 e. The van der Waals surface area contributed by atoms with Gasteiger partial charge < -0.3 is 16.2 Å². The van der Waals surface area contributed by atoms with Crippen LogP contribution >= 0.6 is 0 Å². The van der Waals surface area contributed by atoms with Crippen molar-refractivity contribution in [2.24, 2.45) is 5.73 Å². The van der Waals surface area contributed by atoms with E-state index in [4.69, 9.17) is 10.8 Å². The van der Waals surface area contributed by atoms with Gasteiger partial charge in [-0.3, -0.25) is 19.3 Å². The zero-order chi connectivity index (χ0) is 18.2. The molecule has 1 aromatic rings. The van der Waals surface area contributed by atoms with Gasteiger partial charge in [-0.15, -0.1) is 0 Å². The third kappa shape index (κ3) is 6.19. The largest absolute Gasteiger partial charge is 0.481 e. The monoisotopic (exact) mass is 347 g/mol. The van der Waals surface area contributed by atoms with E-state index in [1.54, 1.807) is 24.3 Å². The summed E-state index contributed by atoms with van der Waals surface area (Å²) >= 11 is 0. The Balaban J connectivity index is 1.81. The molecule has 1 atom stereocenters. The molecule has 1 aromatic carbocycles. The number of likely N-dealkylation sites (tertiary alicyclic amines) is 1. The van der Waals surface area contributed by atoms with Gasteiger partial charge in [-0.25, -0.2) is 0 Å². The molecule has 1 saturated heterocycles. The number of amides is 2. The maximum absolute atomic E-state index is 12.1. The number of nitrogens with zero attached hydrogens (tertiary/aromatic N) is 1. The third-order valence-electron chi connectivity index (χ3n) is 4.52. The number of carboxylic acid groups (broad SMARTS) is 1. The molecule has 136 valence electrons. The van der Waals surface area contributed by atoms with Crippen molar-refractivity contribution in [3.63, 3.8) is 0 Å². The van der Waals surface area contributed by atoms with E-state index >= 15 is 0 Å². The van der Waals surface area contributed by atoms with Crippen LogP contribution in [0.3, 0.4) is 0 Å². The van der Waals surface area contributed by atoms with Gasteiger partial charge in [-0.2, -0.15) is 0 Å². The Hall–Kier alpha value is -2.41. The number of benzene rings is 1. The number of aliphatic carboxylic acids is 1. The zero-order valence-electron chi connectivity index (χ0n) is 14.2. The van der Waals surface area contributed by atoms with Gasteiger partial charge in [0.15, 0.2) is 0 Å². The molecule has 1 aliphatic rings. The summed E-state index contributed by atoms with van der Waals surface area (Å²) < 4.78 is 0. The van der Waals surface area contributed by atoms with Crippen molar-refractivity contribution >= 4 is 23.5 Å². The Morgan fingerprint density at radius 3 is 2.52 bits per heavy atom. The van der Waals surface area contributed by atoms with E-state index in [2.05, 4.69) is 10.2 Å². The number of rotatable bonds is 8. The van der Waals surface area contributed by atoms with Gasteiger partial charge in [-0.1, -0.05) is 6.42 Å². The van der Waals surface area contributed by atoms with Crippen molar-refractivity contribution in [3.8, 4) is 0 Å². The van der Waals surface area contributed by atoms with E-state index in [-0.39, 0.29) is 18.4 Å². The summed E-state index contributed by atoms with van der Waals surface area (Å²) in [6, 6.07) is 6.69. The quantitative estimate of drug-likeness (QED) is 0.664. The topological polar surface area (TPSA) is 113 Å². The molecule has 1 unspecified atom stereocenters. The number of primary amides is 1. The number of carboxylic acids is 1. The summed E-state index contributed by atoms with van der Waals surface area (Å²) in [4.78, 5) is 36.2. The molecule has 1 fully saturated rings. The summed E-state index contributed by atoms with van der Waals surface area (Å²) in [5, 5.41) is 11.7. The van der Waals surface area contributed by atoms with Crippen molar-refractivity contribution in [1.82, 2.24) is 4.90 Å². The van der Waals surface area contributed by atoms with E-state index in [0.717, 1.165) is 25.8 Å². The number of carbonyl (C=O) groups is 3. The first-order valence-corrected chi connectivity index (χ1v) is 8.61. The van der Waals surface area contributed by atoms with Gasteiger partial charge in [-0.05, 0) is 50.1 Å². The first-order valence-electron chi connectivity index (χ1n) is 8.61. The highest BCUT2D eigenvalue weighted by molar-refractivity contribution is 5.94. The summed E-state index contributed by atoms with van der Waals surface area (Å²) in [7, 11) is 0. The molecule has 4 N–H and O–H groups in total. The number of carbonyl (C=O) groups excluding carboxylic acids is 2. The smallest absolute Gasteiger partial charge is 0.303 e. The number of piperidine rings is 1. The minimum atomic E-state index is -0.775. The van der Waals surface area contributed by atoms with Crippen molar-refractivity contribution in [3.05, 3.63) is 29.8 Å². The molecule has 1 aliphatic heterocycles. The molecule has 25 heavy (non-hydrogen) atoms. The number of nitrogens with two attached hydrogens (primary N) is 1. The highest BCUT2D eigenvalue weighted by atomic mass is 16.4. The van der Waals surface area contributed by atoms with Gasteiger partial charge in [0.1, 0.15) is 0 Å². The predicted molar refractivity (Wildman–Crippen MR) is 94.3 cm³/mol. The maximum atomic E-state index is 12.1. The second-order valence-corrected chi connectivity index (χ2v) is 6.36. The lowest BCUT2D eigenvalue weighted by atomic mass is 9.97. The zero-order valence-corrected chi connectivity index (χ0v) is 14.2. The normalized spacial score (nSPS) is 17.8. The van der Waals surface area contributed by atoms with Crippen LogP contribution in [0.25, 0.3) is 0 Å². The number of nitrogens with one attached hydrogen (secondary N) is 1. The average molecular weight is 347 g/mol. The molecule has 0 bridgehead atoms. The van der Waals surface area contributed by atoms with Crippen molar-refractivity contribution in [1.29, 1.82) is 0 Å². The lowest BCUT2D eigenvalue weighted by Crippen LogP contribution is -2.41. The van der Waals surface area contributed by atoms with Crippen LogP contribution in [0.5, 0.6) is 0 Å². The van der Waals surface area contributed by atoms with Crippen LogP contribution in [-0.4, -0.2) is 46.9 Å². The van der Waals surface area contributed by atoms with E-state index < -0.39 is 11.9 Å². The molecule has 0 aliphatic carbocycles. The molecular weight excluding hydrogens is 322 g/mol. The minimum Gasteiger partial charge on any atom is -0.481 e. The summed E-state index contributed by atoms with van der Waals surface area (Å²) in [6.45, 7) is 1.53. The fraction of sp³-hybridized carbons (Fsp3) is 0.500. The van der Waals surface area contributed by atoms with Crippen LogP contribution in [0, 0.1) is 0 Å². The molecule has 7 nitrogen and oxygen atoms in total. The van der Waals surface area contributed by atoms with Crippen LogP contribution in [0.4, 0.5) is 5.69 Å². The second-order valence-electron chi connectivity index (χ2n) is 6.36. The van der Waals surface area contributed by atoms with E-state index in [0.29, 0.717) is 30.6 Å². The van der Waals surface area contributed by atoms with Gasteiger partial charge >= 0.3 is 5.97 Å². The molecule has 7 heteroatoms. The standard InChI is InChI=1S/C18H25N3O4/c19-18(25)13-4-6-14(7-5-13)20-16(22)10-12-21-11-2-1-3-15(21)8-9-17(23)24/h4-7,15H,1-3,8-12H2,(H2,19,25)(H,20,22)(H,23,24). The summed E-state index contributed by atoms with van der Waals surface area (Å²) in [6.07, 6.45) is 4.33. The van der Waals surface area contributed by atoms with Gasteiger partial charge in [0.2, 0.25) is 11.8 Å². The average Bonchev–Trinajstić information content (AvgIpc) is 2.59. The van der Waals surface area contributed by atoms with E-state index in [1.807, 2.05) is 0 Å². The molecule has 0 spiro atoms. The SMILES string of the molecule is NC(=O)c1ccc(NC(=O)CCN2CCCCC2CCC(=O)O)cc1. The summed E-state index contributed by atoms with van der Waals surface area (Å²) in [5.41, 5.74) is 6.20. The van der Waals surface area contributed by atoms with E-state index in [9.17, 15) is 14.4 Å². The first kappa shape index (κ1) is 18.9. The van der Waals surface area contributed by atoms with Crippen molar-refractivity contribution in [2.45, 2.75) is 44.6 Å². The summed E-state index contributed by atoms with van der Waals surface area (Å²) in [5.74, 6) is -1.38. The van der Waals surface area contributed by atoms with Crippen LogP contribution in [0.2, 0.25) is 0 Å². The van der Waals surface area contributed by atoms with Gasteiger partial charge in [0.25, 0.3) is 0 Å². The number of hydrogen-bond acceptors (Lipinski definition) is 4. The lowest BCUT2D eigenvalue weighted by Gasteiger charge is -2.35. The number of anilines is 1. The Morgan fingerprint density at radius 2 is 1.88 bits per heavy atom. The Morgan fingerprint density at radius 1 is 1.16 bits per heavy atom. The molecule has 0 radical (unpaired) electrons. The Kier molecular flexibility index (Phi) is 6.94. The molecule has 0 aromatic heterocycles.